The van der Waals surface area contributed by atoms with Crippen LogP contribution in [-0.4, -0.2) is 29.6 Å². The number of ether oxygens (including phenoxy) is 1. The van der Waals surface area contributed by atoms with Crippen LogP contribution >= 0.6 is 0 Å². The molecule has 0 saturated carbocycles. The summed E-state index contributed by atoms with van der Waals surface area (Å²) in [5, 5.41) is 0.418. The molecule has 0 fully saturated rings. The van der Waals surface area contributed by atoms with Crippen LogP contribution in [-0.2, 0) is 10.1 Å². The summed E-state index contributed by atoms with van der Waals surface area (Å²) in [5.74, 6) is -0.0880. The quantitative estimate of drug-likeness (QED) is 0.502. The van der Waals surface area contributed by atoms with Crippen molar-refractivity contribution in [3.8, 4) is 22.7 Å². The van der Waals surface area contributed by atoms with Crippen LogP contribution in [0.15, 0.2) is 76.6 Å². The van der Waals surface area contributed by atoms with E-state index < -0.39 is 15.9 Å². The maximum Gasteiger partial charge on any atom is 0.294 e. The fourth-order valence-electron chi connectivity index (χ4n) is 3.20. The molecule has 0 unspecified atom stereocenters. The normalized spacial score (nSPS) is 11.6. The Labute approximate surface area is 170 Å². The average Bonchev–Trinajstić information content (AvgIpc) is 2.72. The maximum atomic E-state index is 13.6. The lowest BCUT2D eigenvalue weighted by Gasteiger charge is -2.15. The van der Waals surface area contributed by atoms with Crippen molar-refractivity contribution in [1.82, 2.24) is 9.55 Å². The van der Waals surface area contributed by atoms with Gasteiger partial charge in [0.05, 0.1) is 29.4 Å². The van der Waals surface area contributed by atoms with Gasteiger partial charge in [0.2, 0.25) is 0 Å². The van der Waals surface area contributed by atoms with Crippen molar-refractivity contribution in [3.63, 3.8) is 0 Å². The van der Waals surface area contributed by atoms with Crippen molar-refractivity contribution in [3.05, 3.63) is 83.0 Å². The number of hydrogen-bond acceptors (Lipinski definition) is 5. The summed E-state index contributed by atoms with van der Waals surface area (Å²) >= 11 is 0. The summed E-state index contributed by atoms with van der Waals surface area (Å²) < 4.78 is 52.5. The van der Waals surface area contributed by atoms with Crippen LogP contribution in [0.3, 0.4) is 0 Å². The zero-order chi connectivity index (χ0) is 21.5. The lowest BCUT2D eigenvalue weighted by molar-refractivity contribution is 0.412. The third-order valence-corrected chi connectivity index (χ3v) is 5.44. The van der Waals surface area contributed by atoms with Crippen LogP contribution in [0, 0.1) is 5.82 Å². The van der Waals surface area contributed by atoms with Gasteiger partial charge in [0, 0.05) is 23.1 Å². The Bertz CT molecular complexity index is 1450. The van der Waals surface area contributed by atoms with Crippen molar-refractivity contribution in [1.29, 1.82) is 0 Å². The van der Waals surface area contributed by atoms with Gasteiger partial charge in [-0.05, 0) is 36.4 Å². The second-order valence-corrected chi connectivity index (χ2v) is 7.88. The van der Waals surface area contributed by atoms with Crippen molar-refractivity contribution in [2.24, 2.45) is 0 Å². The second-order valence-electron chi connectivity index (χ2n) is 6.45. The zero-order valence-corrected chi connectivity index (χ0v) is 16.4. The first-order chi connectivity index (χ1) is 14.3. The van der Waals surface area contributed by atoms with Crippen molar-refractivity contribution in [2.45, 2.75) is 4.90 Å². The van der Waals surface area contributed by atoms with Gasteiger partial charge in [-0.25, -0.2) is 4.39 Å². The number of nitrogens with zero attached hydrogens (tertiary/aromatic N) is 2. The molecule has 0 spiro atoms. The number of rotatable bonds is 4. The summed E-state index contributed by atoms with van der Waals surface area (Å²) in [5.41, 5.74) is 1.34. The molecule has 7 nitrogen and oxygen atoms in total. The number of pyridine rings is 2. The Morgan fingerprint density at radius 1 is 1.07 bits per heavy atom. The Morgan fingerprint density at radius 3 is 2.57 bits per heavy atom. The number of benzene rings is 2. The molecule has 1 N–H and O–H groups in total. The molecule has 0 atom stereocenters. The zero-order valence-electron chi connectivity index (χ0n) is 15.6. The van der Waals surface area contributed by atoms with Gasteiger partial charge < -0.3 is 4.74 Å². The van der Waals surface area contributed by atoms with Crippen molar-refractivity contribution >= 4 is 21.0 Å². The number of fused-ring (bicyclic) bond motifs is 1. The van der Waals surface area contributed by atoms with Crippen LogP contribution in [0.4, 0.5) is 4.39 Å². The van der Waals surface area contributed by atoms with Crippen LogP contribution in [0.5, 0.6) is 5.75 Å². The first-order valence-corrected chi connectivity index (χ1v) is 10.2. The summed E-state index contributed by atoms with van der Waals surface area (Å²) in [6.07, 6.45) is 1.43. The molecule has 0 amide bonds. The number of hydrogen-bond donors (Lipinski definition) is 1. The Hall–Kier alpha value is -3.56. The number of aromatic nitrogens is 2. The molecular weight excluding hydrogens is 411 g/mol. The van der Waals surface area contributed by atoms with Crippen LogP contribution < -0.4 is 10.3 Å². The third kappa shape index (κ3) is 3.56. The minimum atomic E-state index is -4.39. The minimum Gasteiger partial charge on any atom is -0.494 e. The van der Waals surface area contributed by atoms with Gasteiger partial charge in [-0.15, -0.1) is 0 Å². The van der Waals surface area contributed by atoms with Crippen molar-refractivity contribution in [2.75, 3.05) is 7.11 Å². The van der Waals surface area contributed by atoms with Crippen LogP contribution in [0.1, 0.15) is 0 Å². The molecule has 2 aromatic heterocycles. The van der Waals surface area contributed by atoms with E-state index in [1.54, 1.807) is 18.2 Å². The summed E-state index contributed by atoms with van der Waals surface area (Å²) in [4.78, 5) is 16.7. The van der Waals surface area contributed by atoms with Gasteiger partial charge in [0.15, 0.2) is 0 Å². The van der Waals surface area contributed by atoms with E-state index in [1.807, 2.05) is 0 Å². The summed E-state index contributed by atoms with van der Waals surface area (Å²) in [6.45, 7) is 0. The Balaban J connectivity index is 1.93. The van der Waals surface area contributed by atoms with E-state index in [0.29, 0.717) is 33.6 Å². The lowest BCUT2D eigenvalue weighted by atomic mass is 10.1. The molecule has 9 heteroatoms. The molecule has 4 rings (SSSR count). The van der Waals surface area contributed by atoms with E-state index in [1.165, 1.54) is 60.3 Å². The highest BCUT2D eigenvalue weighted by Crippen LogP contribution is 2.29. The first-order valence-electron chi connectivity index (χ1n) is 8.71. The standard InChI is InChI=1S/C21H15FN2O5S/c1-29-20-11-17(13-3-2-4-15(22)9-13)23-12-19(20)24-18-7-6-16(30(26,27)28)10-14(18)5-8-21(24)25/h2-12H,1H3,(H,26,27,28). The van der Waals surface area contributed by atoms with Crippen LogP contribution in [0.2, 0.25) is 0 Å². The monoisotopic (exact) mass is 426 g/mol. The minimum absolute atomic E-state index is 0.285. The van der Waals surface area contributed by atoms with Gasteiger partial charge in [0.1, 0.15) is 17.3 Å². The number of halogens is 1. The van der Waals surface area contributed by atoms with E-state index in [2.05, 4.69) is 4.98 Å². The second kappa shape index (κ2) is 7.36. The topological polar surface area (TPSA) is 98.5 Å². The fourth-order valence-corrected chi connectivity index (χ4v) is 3.72. The lowest BCUT2D eigenvalue weighted by Crippen LogP contribution is -2.18. The van der Waals surface area contributed by atoms with Gasteiger partial charge in [-0.3, -0.25) is 18.9 Å². The van der Waals surface area contributed by atoms with E-state index in [9.17, 15) is 22.2 Å². The molecule has 0 aliphatic rings. The van der Waals surface area contributed by atoms with Gasteiger partial charge in [-0.2, -0.15) is 8.42 Å². The van der Waals surface area contributed by atoms with E-state index >= 15 is 0 Å². The Morgan fingerprint density at radius 2 is 1.87 bits per heavy atom. The van der Waals surface area contributed by atoms with E-state index in [0.717, 1.165) is 0 Å². The molecule has 30 heavy (non-hydrogen) atoms. The average molecular weight is 426 g/mol. The fraction of sp³-hybridized carbons (Fsp3) is 0.0476. The van der Waals surface area contributed by atoms with E-state index in [4.69, 9.17) is 4.74 Å². The summed E-state index contributed by atoms with van der Waals surface area (Å²) in [6, 6.07) is 14.1. The van der Waals surface area contributed by atoms with Crippen LogP contribution in [0.25, 0.3) is 27.8 Å². The Kier molecular flexibility index (Phi) is 4.84. The molecule has 152 valence electrons. The summed E-state index contributed by atoms with van der Waals surface area (Å²) in [7, 11) is -2.96. The largest absolute Gasteiger partial charge is 0.494 e. The highest BCUT2D eigenvalue weighted by Gasteiger charge is 2.16. The highest BCUT2D eigenvalue weighted by molar-refractivity contribution is 7.85. The smallest absolute Gasteiger partial charge is 0.294 e. The third-order valence-electron chi connectivity index (χ3n) is 4.59. The van der Waals surface area contributed by atoms with Gasteiger partial charge >= 0.3 is 0 Å². The number of methoxy groups -OCH3 is 1. The highest BCUT2D eigenvalue weighted by atomic mass is 32.2. The van der Waals surface area contributed by atoms with Gasteiger partial charge in [-0.1, -0.05) is 12.1 Å². The molecule has 0 aliphatic heterocycles. The van der Waals surface area contributed by atoms with E-state index in [-0.39, 0.29) is 10.5 Å². The first kappa shape index (κ1) is 19.7. The predicted molar refractivity (Wildman–Crippen MR) is 109 cm³/mol. The molecule has 0 aliphatic carbocycles. The SMILES string of the molecule is COc1cc(-c2cccc(F)c2)ncc1-n1c(=O)ccc2cc(S(=O)(=O)O)ccc21. The molecule has 4 aromatic rings. The van der Waals surface area contributed by atoms with Gasteiger partial charge in [0.25, 0.3) is 15.7 Å². The van der Waals surface area contributed by atoms with Crippen molar-refractivity contribution < 1.29 is 22.1 Å². The molecule has 0 radical (unpaired) electrons. The molecular formula is C21H15FN2O5S. The molecule has 2 aromatic carbocycles. The molecule has 0 saturated heterocycles. The predicted octanol–water partition coefficient (Wildman–Crippen LogP) is 3.45. The molecule has 2 heterocycles. The molecule has 0 bridgehead atoms. The maximum absolute atomic E-state index is 13.6.